The lowest BCUT2D eigenvalue weighted by Gasteiger charge is -2.15. The van der Waals surface area contributed by atoms with Crippen LogP contribution in [0.15, 0.2) is 53.4 Å². The first-order valence-corrected chi connectivity index (χ1v) is 9.93. The second-order valence-electron chi connectivity index (χ2n) is 6.68. The average molecular weight is 412 g/mol. The van der Waals surface area contributed by atoms with Gasteiger partial charge >= 0.3 is 5.97 Å². The molecule has 150 valence electrons. The minimum atomic E-state index is -1.03. The summed E-state index contributed by atoms with van der Waals surface area (Å²) in [4.78, 5) is 49.3. The highest BCUT2D eigenvalue weighted by Crippen LogP contribution is 2.34. The first-order chi connectivity index (χ1) is 13.8. The lowest BCUT2D eigenvalue weighted by molar-refractivity contribution is -0.138. The van der Waals surface area contributed by atoms with Crippen molar-refractivity contribution in [3.8, 4) is 0 Å². The zero-order valence-electron chi connectivity index (χ0n) is 15.8. The molecule has 0 radical (unpaired) electrons. The van der Waals surface area contributed by atoms with E-state index >= 15 is 0 Å². The van der Waals surface area contributed by atoms with E-state index < -0.39 is 11.2 Å². The molecule has 0 spiro atoms. The SMILES string of the molecule is Cc1ccc(N2C(=O)CC(Sc3ccc(NC(=O)CCC(=O)O)cc3)C2=O)cc1. The number of aliphatic carboxylic acids is 1. The molecule has 2 aromatic rings. The number of imide groups is 1. The predicted molar refractivity (Wildman–Crippen MR) is 110 cm³/mol. The number of aryl methyl sites for hydroxylation is 1. The van der Waals surface area contributed by atoms with Gasteiger partial charge in [0.15, 0.2) is 0 Å². The minimum Gasteiger partial charge on any atom is -0.481 e. The molecule has 2 aromatic carbocycles. The molecule has 0 saturated carbocycles. The largest absolute Gasteiger partial charge is 0.481 e. The zero-order valence-corrected chi connectivity index (χ0v) is 16.6. The Morgan fingerprint density at radius 1 is 1.07 bits per heavy atom. The van der Waals surface area contributed by atoms with Gasteiger partial charge in [-0.25, -0.2) is 4.90 Å². The van der Waals surface area contributed by atoms with E-state index in [1.807, 2.05) is 19.1 Å². The van der Waals surface area contributed by atoms with E-state index in [1.54, 1.807) is 36.4 Å². The van der Waals surface area contributed by atoms with Crippen molar-refractivity contribution in [1.82, 2.24) is 0 Å². The predicted octanol–water partition coefficient (Wildman–Crippen LogP) is 3.22. The first kappa shape index (κ1) is 20.6. The van der Waals surface area contributed by atoms with Crippen LogP contribution in [0.25, 0.3) is 0 Å². The summed E-state index contributed by atoms with van der Waals surface area (Å²) in [6.07, 6.45) is -0.195. The Bertz CT molecular complexity index is 941. The van der Waals surface area contributed by atoms with Gasteiger partial charge in [-0.15, -0.1) is 11.8 Å². The van der Waals surface area contributed by atoms with Gasteiger partial charge in [0.25, 0.3) is 0 Å². The van der Waals surface area contributed by atoms with Crippen LogP contribution in [0.2, 0.25) is 0 Å². The van der Waals surface area contributed by atoms with Crippen molar-refractivity contribution in [2.45, 2.75) is 36.3 Å². The Labute approximate surface area is 172 Å². The van der Waals surface area contributed by atoms with Gasteiger partial charge in [0.1, 0.15) is 0 Å². The van der Waals surface area contributed by atoms with Gasteiger partial charge in [0, 0.05) is 23.4 Å². The van der Waals surface area contributed by atoms with Gasteiger partial charge in [-0.05, 0) is 43.3 Å². The Hall–Kier alpha value is -3.13. The number of anilines is 2. The van der Waals surface area contributed by atoms with Crippen molar-refractivity contribution in [3.05, 3.63) is 54.1 Å². The summed E-state index contributed by atoms with van der Waals surface area (Å²) in [5.41, 5.74) is 2.17. The summed E-state index contributed by atoms with van der Waals surface area (Å²) >= 11 is 1.30. The van der Waals surface area contributed by atoms with E-state index in [4.69, 9.17) is 5.11 Å². The molecule has 0 aliphatic carbocycles. The lowest BCUT2D eigenvalue weighted by Crippen LogP contribution is -2.31. The number of thioether (sulfide) groups is 1. The fourth-order valence-corrected chi connectivity index (χ4v) is 3.94. The Balaban J connectivity index is 1.61. The third-order valence-corrected chi connectivity index (χ3v) is 5.58. The third kappa shape index (κ3) is 5.23. The van der Waals surface area contributed by atoms with Gasteiger partial charge in [0.2, 0.25) is 17.7 Å². The topological polar surface area (TPSA) is 104 Å². The quantitative estimate of drug-likeness (QED) is 0.677. The summed E-state index contributed by atoms with van der Waals surface area (Å²) < 4.78 is 0. The van der Waals surface area contributed by atoms with Crippen LogP contribution in [-0.2, 0) is 19.2 Å². The van der Waals surface area contributed by atoms with Crippen LogP contribution >= 0.6 is 11.8 Å². The zero-order chi connectivity index (χ0) is 21.0. The first-order valence-electron chi connectivity index (χ1n) is 9.05. The second-order valence-corrected chi connectivity index (χ2v) is 7.96. The molecule has 1 unspecified atom stereocenters. The Morgan fingerprint density at radius 2 is 1.72 bits per heavy atom. The summed E-state index contributed by atoms with van der Waals surface area (Å²) in [6, 6.07) is 14.1. The molecule has 2 N–H and O–H groups in total. The van der Waals surface area contributed by atoms with Crippen LogP contribution in [0.3, 0.4) is 0 Å². The Kier molecular flexibility index (Phi) is 6.33. The summed E-state index contributed by atoms with van der Waals surface area (Å²) in [5, 5.41) is 10.7. The van der Waals surface area contributed by atoms with Crippen LogP contribution in [0.4, 0.5) is 11.4 Å². The fraction of sp³-hybridized carbons (Fsp3) is 0.238. The second kappa shape index (κ2) is 8.91. The van der Waals surface area contributed by atoms with E-state index in [1.165, 1.54) is 16.7 Å². The highest BCUT2D eigenvalue weighted by atomic mass is 32.2. The van der Waals surface area contributed by atoms with Crippen LogP contribution in [0.1, 0.15) is 24.8 Å². The van der Waals surface area contributed by atoms with Crippen LogP contribution < -0.4 is 10.2 Å². The monoisotopic (exact) mass is 412 g/mol. The third-order valence-electron chi connectivity index (χ3n) is 4.38. The molecule has 3 rings (SSSR count). The van der Waals surface area contributed by atoms with Crippen molar-refractivity contribution < 1.29 is 24.3 Å². The molecular weight excluding hydrogens is 392 g/mol. The van der Waals surface area contributed by atoms with E-state index in [0.717, 1.165) is 10.5 Å². The van der Waals surface area contributed by atoms with Crippen LogP contribution in [-0.4, -0.2) is 34.0 Å². The molecular formula is C21H20N2O5S. The average Bonchev–Trinajstić information content (AvgIpc) is 2.96. The van der Waals surface area contributed by atoms with Gasteiger partial charge in [0.05, 0.1) is 17.4 Å². The summed E-state index contributed by atoms with van der Waals surface area (Å²) in [5.74, 6) is -1.87. The molecule has 1 aliphatic rings. The van der Waals surface area contributed by atoms with Crippen LogP contribution in [0, 0.1) is 6.92 Å². The number of nitrogens with zero attached hydrogens (tertiary/aromatic N) is 1. The smallest absolute Gasteiger partial charge is 0.303 e. The highest BCUT2D eigenvalue weighted by molar-refractivity contribution is 8.00. The van der Waals surface area contributed by atoms with Gasteiger partial charge in [-0.3, -0.25) is 19.2 Å². The van der Waals surface area contributed by atoms with Crippen molar-refractivity contribution in [2.75, 3.05) is 10.2 Å². The number of carboxylic acids is 1. The van der Waals surface area contributed by atoms with Crippen LogP contribution in [0.5, 0.6) is 0 Å². The number of nitrogens with one attached hydrogen (secondary N) is 1. The minimum absolute atomic E-state index is 0.0978. The Morgan fingerprint density at radius 3 is 2.34 bits per heavy atom. The molecule has 3 amide bonds. The number of carboxylic acid groups (broad SMARTS) is 1. The van der Waals surface area contributed by atoms with Crippen molar-refractivity contribution in [3.63, 3.8) is 0 Å². The van der Waals surface area contributed by atoms with Crippen molar-refractivity contribution in [1.29, 1.82) is 0 Å². The summed E-state index contributed by atoms with van der Waals surface area (Å²) in [6.45, 7) is 1.94. The molecule has 0 aromatic heterocycles. The maximum Gasteiger partial charge on any atom is 0.303 e. The van der Waals surface area contributed by atoms with E-state index in [-0.39, 0.29) is 37.0 Å². The number of rotatable bonds is 7. The molecule has 29 heavy (non-hydrogen) atoms. The molecule has 1 heterocycles. The molecule has 8 heteroatoms. The van der Waals surface area contributed by atoms with Gasteiger partial charge in [-0.1, -0.05) is 17.7 Å². The van der Waals surface area contributed by atoms with E-state index in [0.29, 0.717) is 11.4 Å². The molecule has 1 saturated heterocycles. The molecule has 7 nitrogen and oxygen atoms in total. The van der Waals surface area contributed by atoms with E-state index in [2.05, 4.69) is 5.32 Å². The molecule has 1 atom stereocenters. The standard InChI is InChI=1S/C21H20N2O5S/c1-13-2-6-15(7-3-13)23-19(25)12-17(21(23)28)29-16-8-4-14(5-9-16)22-18(24)10-11-20(26)27/h2-9,17H,10-12H2,1H3,(H,22,24)(H,26,27). The number of carbonyl (C=O) groups excluding carboxylic acids is 3. The van der Waals surface area contributed by atoms with Crippen molar-refractivity contribution >= 4 is 46.8 Å². The molecule has 1 fully saturated rings. The van der Waals surface area contributed by atoms with E-state index in [9.17, 15) is 19.2 Å². The fourth-order valence-electron chi connectivity index (χ4n) is 2.89. The molecule has 1 aliphatic heterocycles. The maximum absolute atomic E-state index is 12.7. The van der Waals surface area contributed by atoms with Gasteiger partial charge < -0.3 is 10.4 Å². The number of carbonyl (C=O) groups is 4. The normalized spacial score (nSPS) is 16.2. The number of hydrogen-bond donors (Lipinski definition) is 2. The van der Waals surface area contributed by atoms with Crippen molar-refractivity contribution in [2.24, 2.45) is 0 Å². The lowest BCUT2D eigenvalue weighted by atomic mass is 10.2. The highest BCUT2D eigenvalue weighted by Gasteiger charge is 2.40. The van der Waals surface area contributed by atoms with Gasteiger partial charge in [-0.2, -0.15) is 0 Å². The number of benzene rings is 2. The maximum atomic E-state index is 12.7. The number of hydrogen-bond acceptors (Lipinski definition) is 5. The molecule has 0 bridgehead atoms. The summed E-state index contributed by atoms with van der Waals surface area (Å²) in [7, 11) is 0. The number of amides is 3.